The molecule has 0 saturated heterocycles. The van der Waals surface area contributed by atoms with Gasteiger partial charge in [-0.3, -0.25) is 0 Å². The molecule has 24 heavy (non-hydrogen) atoms. The van der Waals surface area contributed by atoms with Crippen LogP contribution in [0.3, 0.4) is 0 Å². The van der Waals surface area contributed by atoms with Gasteiger partial charge in [-0.25, -0.2) is 9.37 Å². The fourth-order valence-electron chi connectivity index (χ4n) is 2.17. The highest BCUT2D eigenvalue weighted by atomic mass is 19.1. The van der Waals surface area contributed by atoms with Crippen LogP contribution in [0.5, 0.6) is 5.75 Å². The highest BCUT2D eigenvalue weighted by Gasteiger charge is 2.03. The Bertz CT molecular complexity index is 825. The first-order chi connectivity index (χ1) is 11.7. The van der Waals surface area contributed by atoms with Crippen molar-refractivity contribution in [2.45, 2.75) is 6.54 Å². The Morgan fingerprint density at radius 2 is 1.96 bits per heavy atom. The third-order valence-electron chi connectivity index (χ3n) is 3.40. The van der Waals surface area contributed by atoms with Gasteiger partial charge in [-0.2, -0.15) is 4.98 Å². The van der Waals surface area contributed by atoms with E-state index < -0.39 is 0 Å². The minimum atomic E-state index is -0.242. The zero-order valence-electron chi connectivity index (χ0n) is 13.2. The summed E-state index contributed by atoms with van der Waals surface area (Å²) >= 11 is 0. The lowest BCUT2D eigenvalue weighted by Crippen LogP contribution is -2.05. The summed E-state index contributed by atoms with van der Waals surface area (Å²) in [5, 5.41) is 6.21. The van der Waals surface area contributed by atoms with Crippen LogP contribution in [0.4, 0.5) is 21.8 Å². The van der Waals surface area contributed by atoms with E-state index in [1.807, 2.05) is 24.3 Å². The van der Waals surface area contributed by atoms with Crippen molar-refractivity contribution in [2.24, 2.45) is 0 Å². The SMILES string of the molecule is COc1cccc(Nc2nccc(NCc3ccccc3F)n2)c1. The van der Waals surface area contributed by atoms with Crippen molar-refractivity contribution in [2.75, 3.05) is 17.7 Å². The lowest BCUT2D eigenvalue weighted by atomic mass is 10.2. The minimum Gasteiger partial charge on any atom is -0.497 e. The molecule has 0 saturated carbocycles. The predicted molar refractivity (Wildman–Crippen MR) is 92.0 cm³/mol. The molecule has 0 fully saturated rings. The van der Waals surface area contributed by atoms with Crippen molar-refractivity contribution in [1.29, 1.82) is 0 Å². The molecule has 0 aliphatic rings. The molecule has 122 valence electrons. The molecule has 2 aromatic carbocycles. The Balaban J connectivity index is 1.68. The molecule has 0 aliphatic carbocycles. The second-order valence-electron chi connectivity index (χ2n) is 5.07. The van der Waals surface area contributed by atoms with Gasteiger partial charge in [0.1, 0.15) is 17.4 Å². The molecular weight excluding hydrogens is 307 g/mol. The van der Waals surface area contributed by atoms with Crippen LogP contribution in [-0.2, 0) is 6.54 Å². The maximum absolute atomic E-state index is 13.6. The number of hydrogen-bond donors (Lipinski definition) is 2. The van der Waals surface area contributed by atoms with Crippen LogP contribution in [0, 0.1) is 5.82 Å². The molecule has 1 aromatic heterocycles. The monoisotopic (exact) mass is 324 g/mol. The van der Waals surface area contributed by atoms with Gasteiger partial charge in [-0.15, -0.1) is 0 Å². The highest BCUT2D eigenvalue weighted by molar-refractivity contribution is 5.57. The number of hydrogen-bond acceptors (Lipinski definition) is 5. The fourth-order valence-corrected chi connectivity index (χ4v) is 2.17. The molecule has 0 amide bonds. The quantitative estimate of drug-likeness (QED) is 0.718. The lowest BCUT2D eigenvalue weighted by molar-refractivity contribution is 0.415. The van der Waals surface area contributed by atoms with Gasteiger partial charge < -0.3 is 15.4 Å². The molecule has 5 nitrogen and oxygen atoms in total. The highest BCUT2D eigenvalue weighted by Crippen LogP contribution is 2.20. The molecule has 2 N–H and O–H groups in total. The summed E-state index contributed by atoms with van der Waals surface area (Å²) in [4.78, 5) is 8.56. The summed E-state index contributed by atoms with van der Waals surface area (Å²) in [7, 11) is 1.61. The standard InChI is InChI=1S/C18H17FN4O/c1-24-15-7-4-6-14(11-15)22-18-20-10-9-17(23-18)21-12-13-5-2-3-8-16(13)19/h2-11H,12H2,1H3,(H2,20,21,22,23). The van der Waals surface area contributed by atoms with E-state index in [0.29, 0.717) is 23.9 Å². The van der Waals surface area contributed by atoms with Gasteiger partial charge in [0.25, 0.3) is 0 Å². The third-order valence-corrected chi connectivity index (χ3v) is 3.40. The van der Waals surface area contributed by atoms with E-state index in [2.05, 4.69) is 20.6 Å². The number of benzene rings is 2. The molecule has 1 heterocycles. The molecule has 6 heteroatoms. The van der Waals surface area contributed by atoms with Gasteiger partial charge in [0.05, 0.1) is 7.11 Å². The lowest BCUT2D eigenvalue weighted by Gasteiger charge is -2.09. The summed E-state index contributed by atoms with van der Waals surface area (Å²) in [5.74, 6) is 1.56. The molecule has 0 radical (unpaired) electrons. The number of nitrogens with zero attached hydrogens (tertiary/aromatic N) is 2. The first kappa shape index (κ1) is 15.7. The number of ether oxygens (including phenoxy) is 1. The maximum atomic E-state index is 13.6. The Morgan fingerprint density at radius 1 is 1.08 bits per heavy atom. The average molecular weight is 324 g/mol. The van der Waals surface area contributed by atoms with Gasteiger partial charge >= 0.3 is 0 Å². The Morgan fingerprint density at radius 3 is 2.79 bits per heavy atom. The van der Waals surface area contributed by atoms with Gasteiger partial charge in [-0.1, -0.05) is 24.3 Å². The molecule has 0 unspecified atom stereocenters. The van der Waals surface area contributed by atoms with Gasteiger partial charge in [-0.05, 0) is 24.3 Å². The van der Waals surface area contributed by atoms with E-state index in [1.165, 1.54) is 6.07 Å². The van der Waals surface area contributed by atoms with E-state index in [0.717, 1.165) is 11.4 Å². The molecule has 0 bridgehead atoms. The number of anilines is 3. The summed E-state index contributed by atoms with van der Waals surface area (Å²) in [6, 6.07) is 15.9. The van der Waals surface area contributed by atoms with Crippen LogP contribution in [0.2, 0.25) is 0 Å². The number of halogens is 1. The fraction of sp³-hybridized carbons (Fsp3) is 0.111. The van der Waals surface area contributed by atoms with Crippen LogP contribution in [0.25, 0.3) is 0 Å². The van der Waals surface area contributed by atoms with E-state index in [4.69, 9.17) is 4.74 Å². The summed E-state index contributed by atoms with van der Waals surface area (Å²) in [6.45, 7) is 0.349. The van der Waals surface area contributed by atoms with Gasteiger partial charge in [0.2, 0.25) is 5.95 Å². The molecule has 3 aromatic rings. The summed E-state index contributed by atoms with van der Waals surface area (Å²) in [6.07, 6.45) is 1.64. The van der Waals surface area contributed by atoms with E-state index in [1.54, 1.807) is 37.6 Å². The normalized spacial score (nSPS) is 10.2. The van der Waals surface area contributed by atoms with Crippen LogP contribution in [0.15, 0.2) is 60.8 Å². The van der Waals surface area contributed by atoms with Gasteiger partial charge in [0.15, 0.2) is 0 Å². The van der Waals surface area contributed by atoms with Crippen LogP contribution < -0.4 is 15.4 Å². The zero-order valence-corrected chi connectivity index (χ0v) is 13.2. The van der Waals surface area contributed by atoms with Crippen LogP contribution in [-0.4, -0.2) is 17.1 Å². The largest absolute Gasteiger partial charge is 0.497 e. The van der Waals surface area contributed by atoms with Gasteiger partial charge in [0, 0.05) is 30.1 Å². The zero-order chi connectivity index (χ0) is 16.8. The molecular formula is C18H17FN4O. The number of rotatable bonds is 6. The number of methoxy groups -OCH3 is 1. The van der Waals surface area contributed by atoms with E-state index in [9.17, 15) is 4.39 Å². The van der Waals surface area contributed by atoms with Crippen molar-refractivity contribution in [3.8, 4) is 5.75 Å². The predicted octanol–water partition coefficient (Wildman–Crippen LogP) is 3.98. The first-order valence-corrected chi connectivity index (χ1v) is 7.46. The minimum absolute atomic E-state index is 0.242. The van der Waals surface area contributed by atoms with Crippen molar-refractivity contribution < 1.29 is 9.13 Å². The summed E-state index contributed by atoms with van der Waals surface area (Å²) < 4.78 is 18.8. The van der Waals surface area contributed by atoms with E-state index in [-0.39, 0.29) is 5.82 Å². The molecule has 0 atom stereocenters. The smallest absolute Gasteiger partial charge is 0.229 e. The van der Waals surface area contributed by atoms with Crippen molar-refractivity contribution >= 4 is 17.5 Å². The Labute approximate surface area is 139 Å². The molecule has 3 rings (SSSR count). The third kappa shape index (κ3) is 3.98. The number of nitrogens with one attached hydrogen (secondary N) is 2. The Hall–Kier alpha value is -3.15. The summed E-state index contributed by atoms with van der Waals surface area (Å²) in [5.41, 5.74) is 1.40. The molecule has 0 aliphatic heterocycles. The Kier molecular flexibility index (Phi) is 4.86. The van der Waals surface area contributed by atoms with Crippen LogP contribution in [0.1, 0.15) is 5.56 Å². The first-order valence-electron chi connectivity index (χ1n) is 7.46. The number of aromatic nitrogens is 2. The second-order valence-corrected chi connectivity index (χ2v) is 5.07. The van der Waals surface area contributed by atoms with E-state index >= 15 is 0 Å². The maximum Gasteiger partial charge on any atom is 0.229 e. The van der Waals surface area contributed by atoms with Crippen molar-refractivity contribution in [3.63, 3.8) is 0 Å². The van der Waals surface area contributed by atoms with Crippen molar-refractivity contribution in [3.05, 3.63) is 72.2 Å². The topological polar surface area (TPSA) is 59.1 Å². The van der Waals surface area contributed by atoms with Crippen molar-refractivity contribution in [1.82, 2.24) is 9.97 Å². The second kappa shape index (κ2) is 7.41. The van der Waals surface area contributed by atoms with Crippen LogP contribution >= 0.6 is 0 Å². The molecule has 0 spiro atoms. The average Bonchev–Trinajstić information content (AvgIpc) is 2.61.